The third-order valence-electron chi connectivity index (χ3n) is 9.20. The fourth-order valence-corrected chi connectivity index (χ4v) is 6.74. The minimum Gasteiger partial charge on any atom is -0.481 e. The third-order valence-corrected chi connectivity index (χ3v) is 9.20. The Morgan fingerprint density at radius 1 is 1.15 bits per heavy atom. The average Bonchev–Trinajstić information content (AvgIpc) is 3.67. The van der Waals surface area contributed by atoms with Gasteiger partial charge in [0.1, 0.15) is 0 Å². The zero-order valence-corrected chi connectivity index (χ0v) is 26.4. The van der Waals surface area contributed by atoms with Gasteiger partial charge >= 0.3 is 12.0 Å². The minimum atomic E-state index is -1.06. The Bertz CT molecular complexity index is 1470. The van der Waals surface area contributed by atoms with Crippen molar-refractivity contribution < 1.29 is 38.9 Å². The molecule has 0 aliphatic carbocycles. The van der Waals surface area contributed by atoms with Crippen LogP contribution in [0.5, 0.6) is 11.5 Å². The molecule has 4 N–H and O–H groups in total. The molecule has 46 heavy (non-hydrogen) atoms. The second-order valence-corrected chi connectivity index (χ2v) is 12.1. The van der Waals surface area contributed by atoms with Crippen molar-refractivity contribution in [3.05, 3.63) is 53.1 Å². The summed E-state index contributed by atoms with van der Waals surface area (Å²) in [5, 5.41) is 20.7. The molecule has 0 radical (unpaired) electrons. The van der Waals surface area contributed by atoms with Crippen LogP contribution in [0.4, 0.5) is 10.5 Å². The van der Waals surface area contributed by atoms with E-state index >= 15 is 0 Å². The molecular formula is C33H43N5O8. The van der Waals surface area contributed by atoms with E-state index in [9.17, 15) is 29.4 Å². The van der Waals surface area contributed by atoms with Crippen LogP contribution in [0.3, 0.4) is 0 Å². The average molecular weight is 638 g/mol. The number of rotatable bonds is 13. The molecule has 13 nitrogen and oxygen atoms in total. The topological polar surface area (TPSA) is 166 Å². The van der Waals surface area contributed by atoms with Gasteiger partial charge in [-0.15, -0.1) is 0 Å². The summed E-state index contributed by atoms with van der Waals surface area (Å²) in [6.07, 6.45) is 2.01. The number of anilines is 1. The van der Waals surface area contributed by atoms with Crippen molar-refractivity contribution >= 4 is 29.5 Å². The number of carboxylic acid groups (broad SMARTS) is 1. The highest BCUT2D eigenvalue weighted by Gasteiger charge is 2.48. The number of likely N-dealkylation sites (tertiary alicyclic amines) is 1. The van der Waals surface area contributed by atoms with Gasteiger partial charge < -0.3 is 35.2 Å². The molecular weight excluding hydrogens is 594 g/mol. The molecule has 2 aromatic rings. The van der Waals surface area contributed by atoms with E-state index in [0.717, 1.165) is 24.1 Å². The van der Waals surface area contributed by atoms with Gasteiger partial charge in [0.2, 0.25) is 18.6 Å². The molecule has 2 fully saturated rings. The Balaban J connectivity index is 1.48. The summed E-state index contributed by atoms with van der Waals surface area (Å²) in [6.45, 7) is 3.04. The second kappa shape index (κ2) is 14.5. The number of nitrogens with zero attached hydrogens (tertiary/aromatic N) is 4. The fourth-order valence-electron chi connectivity index (χ4n) is 6.74. The number of carboxylic acids is 1. The standard InChI is InChI=1S/C33H43N5O8/c1-3-4-10-37(24-7-5-6-21(13-24)16-34)29(41)18-36-17-25(22-14-23(19-39)31-27(15-22)45-20-46-31)30(32(42)43)26(36)8-12-38-28(40)9-11-35(2)33(38)44/h5-7,13-15,25-26,30,39H,3-4,8-12,16-20,34H2,1-2H3,(H,42,43)/t25-,26+,30-/m1/s1. The molecule has 0 aromatic heterocycles. The number of aliphatic carboxylic acids is 1. The summed E-state index contributed by atoms with van der Waals surface area (Å²) in [6, 6.07) is 9.89. The first kappa shape index (κ1) is 33.2. The minimum absolute atomic E-state index is 0.00659. The Hall–Kier alpha value is -4.20. The number of aliphatic hydroxyl groups is 1. The number of hydrogen-bond donors (Lipinski definition) is 3. The molecule has 3 heterocycles. The maximum atomic E-state index is 14.1. The number of carbonyl (C=O) groups excluding carboxylic acids is 3. The van der Waals surface area contributed by atoms with Crippen molar-refractivity contribution in [1.29, 1.82) is 0 Å². The van der Waals surface area contributed by atoms with Crippen molar-refractivity contribution in [3.63, 3.8) is 0 Å². The SMILES string of the molecule is CCCCN(C(=O)CN1C[C@H](c2cc(CO)c3c(c2)OCO3)[C@@H](C(=O)O)[C@@H]1CCN1C(=O)CCN(C)C1=O)c1cccc(CN)c1. The quantitative estimate of drug-likeness (QED) is 0.297. The molecule has 0 saturated carbocycles. The molecule has 2 saturated heterocycles. The van der Waals surface area contributed by atoms with Crippen molar-refractivity contribution in [2.45, 2.75) is 57.7 Å². The molecule has 0 unspecified atom stereocenters. The van der Waals surface area contributed by atoms with Crippen molar-refractivity contribution in [3.8, 4) is 11.5 Å². The summed E-state index contributed by atoms with van der Waals surface area (Å²) in [5.74, 6) is -2.25. The van der Waals surface area contributed by atoms with E-state index in [-0.39, 0.29) is 57.7 Å². The normalized spacial score (nSPS) is 21.3. The van der Waals surface area contributed by atoms with Crippen molar-refractivity contribution in [2.75, 3.05) is 51.5 Å². The number of fused-ring (bicyclic) bond motifs is 1. The van der Waals surface area contributed by atoms with E-state index in [1.165, 1.54) is 9.80 Å². The number of benzene rings is 2. The number of carbonyl (C=O) groups is 4. The van der Waals surface area contributed by atoms with E-state index in [4.69, 9.17) is 15.2 Å². The van der Waals surface area contributed by atoms with Gasteiger partial charge in [-0.2, -0.15) is 0 Å². The van der Waals surface area contributed by atoms with Crippen LogP contribution in [0.2, 0.25) is 0 Å². The van der Waals surface area contributed by atoms with E-state index in [0.29, 0.717) is 42.3 Å². The molecule has 4 amide bonds. The maximum Gasteiger partial charge on any atom is 0.326 e. The van der Waals surface area contributed by atoms with E-state index in [1.807, 2.05) is 36.1 Å². The lowest BCUT2D eigenvalue weighted by atomic mass is 9.83. The lowest BCUT2D eigenvalue weighted by Gasteiger charge is -2.34. The van der Waals surface area contributed by atoms with Gasteiger partial charge in [-0.25, -0.2) is 4.79 Å². The summed E-state index contributed by atoms with van der Waals surface area (Å²) in [7, 11) is 1.63. The molecule has 248 valence electrons. The van der Waals surface area contributed by atoms with Gasteiger partial charge in [0.25, 0.3) is 0 Å². The third kappa shape index (κ3) is 6.81. The smallest absolute Gasteiger partial charge is 0.326 e. The molecule has 3 aliphatic rings. The highest BCUT2D eigenvalue weighted by atomic mass is 16.7. The van der Waals surface area contributed by atoms with Gasteiger partial charge in [-0.05, 0) is 48.2 Å². The van der Waals surface area contributed by atoms with Crippen LogP contribution in [0.25, 0.3) is 0 Å². The number of urea groups is 1. The monoisotopic (exact) mass is 637 g/mol. The van der Waals surface area contributed by atoms with Crippen LogP contribution >= 0.6 is 0 Å². The molecule has 5 rings (SSSR count). The van der Waals surface area contributed by atoms with E-state index < -0.39 is 29.9 Å². The van der Waals surface area contributed by atoms with E-state index in [1.54, 1.807) is 24.1 Å². The summed E-state index contributed by atoms with van der Waals surface area (Å²) in [4.78, 5) is 58.9. The van der Waals surface area contributed by atoms with Crippen LogP contribution in [0.1, 0.15) is 55.2 Å². The molecule has 3 atom stereocenters. The number of nitrogens with two attached hydrogens (primary N) is 1. The maximum absolute atomic E-state index is 14.1. The zero-order valence-electron chi connectivity index (χ0n) is 26.4. The molecule has 0 bridgehead atoms. The zero-order chi connectivity index (χ0) is 33.0. The predicted octanol–water partition coefficient (Wildman–Crippen LogP) is 2.34. The number of hydrogen-bond acceptors (Lipinski definition) is 9. The van der Waals surface area contributed by atoms with Crippen LogP contribution in [-0.4, -0.2) is 101 Å². The van der Waals surface area contributed by atoms with Crippen molar-refractivity contribution in [1.82, 2.24) is 14.7 Å². The van der Waals surface area contributed by atoms with Gasteiger partial charge in [-0.3, -0.25) is 24.2 Å². The summed E-state index contributed by atoms with van der Waals surface area (Å²) in [5.41, 5.74) is 8.62. The van der Waals surface area contributed by atoms with Gasteiger partial charge in [0, 0.05) is 69.4 Å². The van der Waals surface area contributed by atoms with Crippen LogP contribution in [0, 0.1) is 5.92 Å². The lowest BCUT2D eigenvalue weighted by Crippen LogP contribution is -2.52. The first-order valence-electron chi connectivity index (χ1n) is 15.8. The number of amides is 4. The number of ether oxygens (including phenoxy) is 2. The number of unbranched alkanes of at least 4 members (excludes halogenated alkanes) is 1. The summed E-state index contributed by atoms with van der Waals surface area (Å²) >= 11 is 0. The molecule has 13 heteroatoms. The van der Waals surface area contributed by atoms with E-state index in [2.05, 4.69) is 0 Å². The predicted molar refractivity (Wildman–Crippen MR) is 168 cm³/mol. The van der Waals surface area contributed by atoms with Gasteiger partial charge in [0.05, 0.1) is 19.1 Å². The van der Waals surface area contributed by atoms with Gasteiger partial charge in [-0.1, -0.05) is 25.5 Å². The Kier molecular flexibility index (Phi) is 10.4. The van der Waals surface area contributed by atoms with Crippen LogP contribution in [-0.2, 0) is 27.5 Å². The van der Waals surface area contributed by atoms with Crippen LogP contribution < -0.4 is 20.1 Å². The largest absolute Gasteiger partial charge is 0.481 e. The number of aliphatic hydroxyl groups excluding tert-OH is 1. The first-order valence-corrected chi connectivity index (χ1v) is 15.8. The highest BCUT2D eigenvalue weighted by Crippen LogP contribution is 2.44. The fraction of sp³-hybridized carbons (Fsp3) is 0.515. The highest BCUT2D eigenvalue weighted by molar-refractivity contribution is 5.97. The van der Waals surface area contributed by atoms with Crippen molar-refractivity contribution in [2.24, 2.45) is 11.7 Å². The Morgan fingerprint density at radius 2 is 1.96 bits per heavy atom. The Labute approximate surface area is 268 Å². The van der Waals surface area contributed by atoms with Gasteiger partial charge in [0.15, 0.2) is 11.5 Å². The Morgan fingerprint density at radius 3 is 2.67 bits per heavy atom. The first-order chi connectivity index (χ1) is 22.2. The molecule has 3 aliphatic heterocycles. The summed E-state index contributed by atoms with van der Waals surface area (Å²) < 4.78 is 11.1. The second-order valence-electron chi connectivity index (χ2n) is 12.1. The lowest BCUT2D eigenvalue weighted by molar-refractivity contribution is -0.143. The molecule has 2 aromatic carbocycles. The molecule has 0 spiro atoms. The van der Waals surface area contributed by atoms with Crippen LogP contribution in [0.15, 0.2) is 36.4 Å². The number of imide groups is 1.